The van der Waals surface area contributed by atoms with Gasteiger partial charge in [-0.05, 0) is 31.7 Å². The van der Waals surface area contributed by atoms with E-state index in [-0.39, 0.29) is 24.5 Å². The Balaban J connectivity index is 2.70. The molecule has 1 rings (SSSR count). The largest absolute Gasteiger partial charge is 0.383 e. The van der Waals surface area contributed by atoms with Crippen molar-refractivity contribution in [1.82, 2.24) is 10.2 Å². The summed E-state index contributed by atoms with van der Waals surface area (Å²) in [6, 6.07) is 7.37. The van der Waals surface area contributed by atoms with Crippen LogP contribution in [0.25, 0.3) is 0 Å². The zero-order valence-electron chi connectivity index (χ0n) is 12.8. The highest BCUT2D eigenvalue weighted by Crippen LogP contribution is 2.24. The number of nitrogens with one attached hydrogen (secondary N) is 1. The number of likely N-dealkylation sites (N-methyl/N-ethyl adjacent to an activating group) is 1. The molecule has 0 aliphatic rings. The normalized spacial score (nSPS) is 14.0. The van der Waals surface area contributed by atoms with Gasteiger partial charge in [-0.1, -0.05) is 23.7 Å². The van der Waals surface area contributed by atoms with Crippen LogP contribution in [0.2, 0.25) is 5.02 Å². The lowest BCUT2D eigenvalue weighted by Gasteiger charge is -2.31. The molecule has 0 aliphatic heterocycles. The van der Waals surface area contributed by atoms with Crippen LogP contribution in [-0.4, -0.2) is 50.7 Å². The second kappa shape index (κ2) is 9.00. The average Bonchev–Trinajstić information content (AvgIpc) is 2.38. The van der Waals surface area contributed by atoms with Crippen molar-refractivity contribution >= 4 is 17.5 Å². The van der Waals surface area contributed by atoms with Crippen molar-refractivity contribution in [2.45, 2.75) is 19.0 Å². The number of halogens is 1. The van der Waals surface area contributed by atoms with Gasteiger partial charge in [0.15, 0.2) is 0 Å². The van der Waals surface area contributed by atoms with Gasteiger partial charge in [-0.15, -0.1) is 0 Å². The fourth-order valence-corrected chi connectivity index (χ4v) is 2.52. The molecule has 21 heavy (non-hydrogen) atoms. The smallest absolute Gasteiger partial charge is 0.234 e. The molecule has 5 nitrogen and oxygen atoms in total. The summed E-state index contributed by atoms with van der Waals surface area (Å²) in [6.45, 7) is 3.19. The molecular weight excluding hydrogens is 290 g/mol. The van der Waals surface area contributed by atoms with E-state index in [1.54, 1.807) is 7.11 Å². The summed E-state index contributed by atoms with van der Waals surface area (Å²) in [4.78, 5) is 13.8. The van der Waals surface area contributed by atoms with Crippen molar-refractivity contribution in [1.29, 1.82) is 0 Å². The summed E-state index contributed by atoms with van der Waals surface area (Å²) >= 11 is 6.04. The lowest BCUT2D eigenvalue weighted by Crippen LogP contribution is -2.43. The molecule has 0 spiro atoms. The SMILES string of the molecule is COCCNC(=O)CN(C)C(c1cccc(Cl)c1)C(C)N. The number of nitrogens with two attached hydrogens (primary N) is 1. The van der Waals surface area contributed by atoms with Gasteiger partial charge in [0.2, 0.25) is 5.91 Å². The molecule has 0 heterocycles. The Morgan fingerprint density at radius 2 is 2.24 bits per heavy atom. The first-order valence-corrected chi connectivity index (χ1v) is 7.30. The number of ether oxygens (including phenoxy) is 1. The summed E-state index contributed by atoms with van der Waals surface area (Å²) in [5, 5.41) is 3.46. The molecule has 1 aromatic rings. The fraction of sp³-hybridized carbons (Fsp3) is 0.533. The van der Waals surface area contributed by atoms with Crippen molar-refractivity contribution < 1.29 is 9.53 Å². The molecule has 1 amide bonds. The van der Waals surface area contributed by atoms with Crippen molar-refractivity contribution in [3.63, 3.8) is 0 Å². The third-order valence-electron chi connectivity index (χ3n) is 3.18. The molecule has 2 unspecified atom stereocenters. The van der Waals surface area contributed by atoms with Gasteiger partial charge in [-0.2, -0.15) is 0 Å². The third-order valence-corrected chi connectivity index (χ3v) is 3.42. The summed E-state index contributed by atoms with van der Waals surface area (Å²) in [6.07, 6.45) is 0. The molecule has 118 valence electrons. The first-order valence-electron chi connectivity index (χ1n) is 6.92. The third kappa shape index (κ3) is 6.01. The summed E-state index contributed by atoms with van der Waals surface area (Å²) < 4.78 is 4.90. The minimum Gasteiger partial charge on any atom is -0.383 e. The topological polar surface area (TPSA) is 67.6 Å². The number of hydrogen-bond acceptors (Lipinski definition) is 4. The van der Waals surface area contributed by atoms with E-state index in [9.17, 15) is 4.79 Å². The zero-order chi connectivity index (χ0) is 15.8. The van der Waals surface area contributed by atoms with Crippen LogP contribution in [0.3, 0.4) is 0 Å². The van der Waals surface area contributed by atoms with Gasteiger partial charge in [0.05, 0.1) is 13.2 Å². The molecule has 0 saturated carbocycles. The van der Waals surface area contributed by atoms with Crippen LogP contribution in [0.4, 0.5) is 0 Å². The monoisotopic (exact) mass is 313 g/mol. The lowest BCUT2D eigenvalue weighted by molar-refractivity contribution is -0.122. The second-order valence-corrected chi connectivity index (χ2v) is 5.55. The van der Waals surface area contributed by atoms with E-state index in [0.29, 0.717) is 18.2 Å². The van der Waals surface area contributed by atoms with Crippen molar-refractivity contribution in [2.75, 3.05) is 33.9 Å². The van der Waals surface area contributed by atoms with Gasteiger partial charge in [0.25, 0.3) is 0 Å². The molecule has 2 atom stereocenters. The van der Waals surface area contributed by atoms with Gasteiger partial charge >= 0.3 is 0 Å². The van der Waals surface area contributed by atoms with E-state index >= 15 is 0 Å². The van der Waals surface area contributed by atoms with E-state index in [1.165, 1.54) is 0 Å². The van der Waals surface area contributed by atoms with Gasteiger partial charge in [0.1, 0.15) is 0 Å². The predicted octanol–water partition coefficient (Wildman–Crippen LogP) is 1.42. The number of nitrogens with zero attached hydrogens (tertiary/aromatic N) is 1. The van der Waals surface area contributed by atoms with Crippen molar-refractivity contribution in [3.8, 4) is 0 Å². The Labute approximate surface area is 131 Å². The average molecular weight is 314 g/mol. The van der Waals surface area contributed by atoms with E-state index in [2.05, 4.69) is 5.32 Å². The van der Waals surface area contributed by atoms with E-state index in [0.717, 1.165) is 5.56 Å². The highest BCUT2D eigenvalue weighted by atomic mass is 35.5. The number of carbonyl (C=O) groups excluding carboxylic acids is 1. The highest BCUT2D eigenvalue weighted by molar-refractivity contribution is 6.30. The molecule has 0 fully saturated rings. The van der Waals surface area contributed by atoms with E-state index in [1.807, 2.05) is 43.1 Å². The number of amides is 1. The summed E-state index contributed by atoms with van der Waals surface area (Å²) in [7, 11) is 3.48. The lowest BCUT2D eigenvalue weighted by atomic mass is 9.99. The van der Waals surface area contributed by atoms with Crippen molar-refractivity contribution in [2.24, 2.45) is 5.73 Å². The van der Waals surface area contributed by atoms with E-state index < -0.39 is 0 Å². The Kier molecular flexibility index (Phi) is 7.67. The Bertz CT molecular complexity index is 454. The first kappa shape index (κ1) is 17.9. The highest BCUT2D eigenvalue weighted by Gasteiger charge is 2.23. The maximum absolute atomic E-state index is 11.9. The number of benzene rings is 1. The van der Waals surface area contributed by atoms with Crippen LogP contribution in [0, 0.1) is 0 Å². The number of rotatable bonds is 8. The standard InChI is InChI=1S/C15H24ClN3O2/c1-11(17)15(12-5-4-6-13(16)9-12)19(2)10-14(20)18-7-8-21-3/h4-6,9,11,15H,7-8,10,17H2,1-3H3,(H,18,20). The van der Waals surface area contributed by atoms with E-state index in [4.69, 9.17) is 22.1 Å². The van der Waals surface area contributed by atoms with Crippen LogP contribution >= 0.6 is 11.6 Å². The zero-order valence-corrected chi connectivity index (χ0v) is 13.6. The maximum Gasteiger partial charge on any atom is 0.234 e. The fourth-order valence-electron chi connectivity index (χ4n) is 2.32. The molecule has 6 heteroatoms. The summed E-state index contributed by atoms with van der Waals surface area (Å²) in [5.74, 6) is -0.0535. The molecule has 0 bridgehead atoms. The minimum atomic E-state index is -0.125. The van der Waals surface area contributed by atoms with Crippen LogP contribution < -0.4 is 11.1 Å². The van der Waals surface area contributed by atoms with Crippen molar-refractivity contribution in [3.05, 3.63) is 34.9 Å². The predicted molar refractivity (Wildman–Crippen MR) is 85.4 cm³/mol. The van der Waals surface area contributed by atoms with Crippen LogP contribution in [-0.2, 0) is 9.53 Å². The number of methoxy groups -OCH3 is 1. The van der Waals surface area contributed by atoms with Gasteiger partial charge in [-0.3, -0.25) is 9.69 Å². The van der Waals surface area contributed by atoms with Gasteiger partial charge < -0.3 is 15.8 Å². The second-order valence-electron chi connectivity index (χ2n) is 5.12. The Hall–Kier alpha value is -1.14. The Morgan fingerprint density at radius 3 is 2.81 bits per heavy atom. The van der Waals surface area contributed by atoms with Gasteiger partial charge in [-0.25, -0.2) is 0 Å². The molecule has 1 aromatic carbocycles. The molecule has 0 radical (unpaired) electrons. The van der Waals surface area contributed by atoms with Crippen LogP contribution in [0.15, 0.2) is 24.3 Å². The van der Waals surface area contributed by atoms with Crippen LogP contribution in [0.1, 0.15) is 18.5 Å². The minimum absolute atomic E-state index is 0.0535. The Morgan fingerprint density at radius 1 is 1.52 bits per heavy atom. The molecule has 0 saturated heterocycles. The maximum atomic E-state index is 11.9. The molecule has 0 aliphatic carbocycles. The quantitative estimate of drug-likeness (QED) is 0.712. The molecule has 3 N–H and O–H groups in total. The number of hydrogen-bond donors (Lipinski definition) is 2. The molecule has 0 aromatic heterocycles. The molecular formula is C15H24ClN3O2. The number of carbonyl (C=O) groups is 1. The summed E-state index contributed by atoms with van der Waals surface area (Å²) in [5.41, 5.74) is 7.08. The van der Waals surface area contributed by atoms with Gasteiger partial charge in [0, 0.05) is 30.8 Å². The first-order chi connectivity index (χ1) is 9.95. The van der Waals surface area contributed by atoms with Crippen LogP contribution in [0.5, 0.6) is 0 Å².